The third-order valence-electron chi connectivity index (χ3n) is 3.09. The van der Waals surface area contributed by atoms with Gasteiger partial charge in [0.15, 0.2) is 0 Å². The van der Waals surface area contributed by atoms with Crippen molar-refractivity contribution in [2.45, 2.75) is 30.7 Å². The molecule has 0 amide bonds. The smallest absolute Gasteiger partial charge is 0.203 e. The predicted molar refractivity (Wildman–Crippen MR) is 82.4 cm³/mol. The first-order chi connectivity index (χ1) is 9.26. The fourth-order valence-corrected chi connectivity index (χ4v) is 4.11. The zero-order chi connectivity index (χ0) is 13.2. The van der Waals surface area contributed by atoms with Gasteiger partial charge in [0.05, 0.1) is 6.04 Å². The van der Waals surface area contributed by atoms with Crippen molar-refractivity contribution in [3.63, 3.8) is 0 Å². The van der Waals surface area contributed by atoms with Crippen LogP contribution >= 0.6 is 34.9 Å². The quantitative estimate of drug-likeness (QED) is 0.911. The number of hydrogen-bond acceptors (Lipinski definition) is 5. The van der Waals surface area contributed by atoms with Crippen LogP contribution in [0.3, 0.4) is 0 Å². The molecule has 6 heteroatoms. The molecule has 0 bridgehead atoms. The second kappa shape index (κ2) is 5.69. The Labute approximate surface area is 126 Å². The van der Waals surface area contributed by atoms with E-state index in [1.165, 1.54) is 22.0 Å². The molecule has 1 aromatic heterocycles. The van der Waals surface area contributed by atoms with Crippen molar-refractivity contribution in [2.24, 2.45) is 0 Å². The summed E-state index contributed by atoms with van der Waals surface area (Å²) in [7, 11) is 0. The van der Waals surface area contributed by atoms with Gasteiger partial charge in [-0.25, -0.2) is 4.98 Å². The standard InChI is InChI=1S/C13H14ClN3S2/c1-2-12-16-13(19-17-12)15-10-5-6-18-11-4-3-8(14)7-9(10)11/h3-4,7,10H,2,5-6H2,1H3,(H,15,16,17). The molecule has 0 saturated heterocycles. The van der Waals surface area contributed by atoms with Gasteiger partial charge in [-0.15, -0.1) is 11.8 Å². The van der Waals surface area contributed by atoms with Gasteiger partial charge in [-0.2, -0.15) is 4.37 Å². The van der Waals surface area contributed by atoms with E-state index in [-0.39, 0.29) is 6.04 Å². The van der Waals surface area contributed by atoms with Gasteiger partial charge in [-0.1, -0.05) is 18.5 Å². The molecule has 1 N–H and O–H groups in total. The van der Waals surface area contributed by atoms with Crippen molar-refractivity contribution in [2.75, 3.05) is 11.1 Å². The van der Waals surface area contributed by atoms with Crippen molar-refractivity contribution in [1.82, 2.24) is 9.36 Å². The number of halogens is 1. The fraction of sp³-hybridized carbons (Fsp3) is 0.385. The monoisotopic (exact) mass is 311 g/mol. The largest absolute Gasteiger partial charge is 0.353 e. The van der Waals surface area contributed by atoms with Crippen molar-refractivity contribution >= 4 is 40.0 Å². The van der Waals surface area contributed by atoms with Gasteiger partial charge in [0, 0.05) is 33.6 Å². The third kappa shape index (κ3) is 2.88. The van der Waals surface area contributed by atoms with Gasteiger partial charge in [0.1, 0.15) is 5.82 Å². The van der Waals surface area contributed by atoms with Crippen molar-refractivity contribution in [3.8, 4) is 0 Å². The Hall–Kier alpha value is -0.780. The van der Waals surface area contributed by atoms with Crippen molar-refractivity contribution < 1.29 is 0 Å². The minimum atomic E-state index is 0.285. The number of thioether (sulfide) groups is 1. The molecule has 19 heavy (non-hydrogen) atoms. The number of rotatable bonds is 3. The van der Waals surface area contributed by atoms with E-state index in [0.29, 0.717) is 0 Å². The molecule has 1 unspecified atom stereocenters. The molecule has 100 valence electrons. The van der Waals surface area contributed by atoms with E-state index in [1.54, 1.807) is 0 Å². The summed E-state index contributed by atoms with van der Waals surface area (Å²) in [4.78, 5) is 5.79. The summed E-state index contributed by atoms with van der Waals surface area (Å²) in [6, 6.07) is 6.40. The van der Waals surface area contributed by atoms with E-state index in [4.69, 9.17) is 11.6 Å². The molecule has 1 aliphatic rings. The lowest BCUT2D eigenvalue weighted by atomic mass is 10.0. The van der Waals surface area contributed by atoms with Gasteiger partial charge in [-0.3, -0.25) is 0 Å². The molecule has 1 aliphatic heterocycles. The highest BCUT2D eigenvalue weighted by Crippen LogP contribution is 2.39. The number of aromatic nitrogens is 2. The Morgan fingerprint density at radius 3 is 3.16 bits per heavy atom. The lowest BCUT2D eigenvalue weighted by Crippen LogP contribution is -2.16. The van der Waals surface area contributed by atoms with E-state index < -0.39 is 0 Å². The highest BCUT2D eigenvalue weighted by Gasteiger charge is 2.22. The maximum Gasteiger partial charge on any atom is 0.203 e. The average Bonchev–Trinajstić information content (AvgIpc) is 2.87. The normalized spacial score (nSPS) is 18.1. The van der Waals surface area contributed by atoms with Crippen LogP contribution in [0.25, 0.3) is 0 Å². The van der Waals surface area contributed by atoms with Crippen LogP contribution in [0, 0.1) is 0 Å². The van der Waals surface area contributed by atoms with E-state index in [1.807, 2.05) is 17.8 Å². The minimum absolute atomic E-state index is 0.285. The number of nitrogens with zero attached hydrogens (tertiary/aromatic N) is 2. The number of anilines is 1. The van der Waals surface area contributed by atoms with Gasteiger partial charge in [0.25, 0.3) is 0 Å². The van der Waals surface area contributed by atoms with Crippen LogP contribution in [0.5, 0.6) is 0 Å². The summed E-state index contributed by atoms with van der Waals surface area (Å²) in [6.07, 6.45) is 1.96. The molecule has 3 rings (SSSR count). The summed E-state index contributed by atoms with van der Waals surface area (Å²) >= 11 is 9.43. The summed E-state index contributed by atoms with van der Waals surface area (Å²) < 4.78 is 4.31. The summed E-state index contributed by atoms with van der Waals surface area (Å²) in [5.74, 6) is 2.02. The molecule has 2 heterocycles. The van der Waals surface area contributed by atoms with Crippen LogP contribution in [0.15, 0.2) is 23.1 Å². The number of fused-ring (bicyclic) bond motifs is 1. The van der Waals surface area contributed by atoms with Crippen molar-refractivity contribution in [1.29, 1.82) is 0 Å². The molecule has 2 aromatic rings. The van der Waals surface area contributed by atoms with Crippen molar-refractivity contribution in [3.05, 3.63) is 34.6 Å². The lowest BCUT2D eigenvalue weighted by Gasteiger charge is -2.25. The molecule has 0 fully saturated rings. The second-order valence-corrected chi connectivity index (χ2v) is 6.71. The summed E-state index contributed by atoms with van der Waals surface area (Å²) in [5, 5.41) is 5.19. The van der Waals surface area contributed by atoms with Gasteiger partial charge in [-0.05, 0) is 30.2 Å². The molecule has 1 atom stereocenters. The topological polar surface area (TPSA) is 37.8 Å². The van der Waals surface area contributed by atoms with Crippen LogP contribution in [0.4, 0.5) is 5.13 Å². The first-order valence-corrected chi connectivity index (χ1v) is 8.41. The summed E-state index contributed by atoms with van der Waals surface area (Å²) in [5.41, 5.74) is 1.27. The Kier molecular flexibility index (Phi) is 3.96. The zero-order valence-corrected chi connectivity index (χ0v) is 12.9. The van der Waals surface area contributed by atoms with Gasteiger partial charge in [0.2, 0.25) is 5.13 Å². The highest BCUT2D eigenvalue weighted by molar-refractivity contribution is 7.99. The third-order valence-corrected chi connectivity index (χ3v) is 5.14. The Morgan fingerprint density at radius 2 is 2.37 bits per heavy atom. The zero-order valence-electron chi connectivity index (χ0n) is 10.5. The Balaban J connectivity index is 1.84. The van der Waals surface area contributed by atoms with E-state index in [9.17, 15) is 0 Å². The molecule has 0 spiro atoms. The minimum Gasteiger partial charge on any atom is -0.353 e. The Bertz CT molecular complexity index is 585. The predicted octanol–water partition coefficient (Wildman–Crippen LogP) is 4.40. The molecular formula is C13H14ClN3S2. The average molecular weight is 312 g/mol. The highest BCUT2D eigenvalue weighted by atomic mass is 35.5. The van der Waals surface area contributed by atoms with Crippen LogP contribution in [0.1, 0.15) is 30.8 Å². The first-order valence-electron chi connectivity index (χ1n) is 6.27. The van der Waals surface area contributed by atoms with Crippen LogP contribution in [0.2, 0.25) is 5.02 Å². The molecule has 0 aliphatic carbocycles. The molecule has 0 saturated carbocycles. The van der Waals surface area contributed by atoms with Gasteiger partial charge < -0.3 is 5.32 Å². The van der Waals surface area contributed by atoms with E-state index >= 15 is 0 Å². The molecule has 1 aromatic carbocycles. The first kappa shape index (κ1) is 13.2. The maximum absolute atomic E-state index is 6.11. The van der Waals surface area contributed by atoms with Crippen LogP contribution in [-0.2, 0) is 6.42 Å². The number of nitrogens with one attached hydrogen (secondary N) is 1. The van der Waals surface area contributed by atoms with Crippen LogP contribution in [-0.4, -0.2) is 15.1 Å². The number of hydrogen-bond donors (Lipinski definition) is 1. The van der Waals surface area contributed by atoms with E-state index in [0.717, 1.165) is 34.6 Å². The maximum atomic E-state index is 6.11. The molecule has 3 nitrogen and oxygen atoms in total. The Morgan fingerprint density at radius 1 is 1.47 bits per heavy atom. The lowest BCUT2D eigenvalue weighted by molar-refractivity contribution is 0.726. The molecular weight excluding hydrogens is 298 g/mol. The van der Waals surface area contributed by atoms with Gasteiger partial charge >= 0.3 is 0 Å². The van der Waals surface area contributed by atoms with E-state index in [2.05, 4.69) is 33.7 Å². The van der Waals surface area contributed by atoms with Crippen LogP contribution < -0.4 is 5.32 Å². The summed E-state index contributed by atoms with van der Waals surface area (Å²) in [6.45, 7) is 2.07. The second-order valence-electron chi connectivity index (χ2n) is 4.39. The fourth-order valence-electron chi connectivity index (χ4n) is 2.12. The number of aryl methyl sites for hydroxylation is 1. The molecule has 0 radical (unpaired) electrons. The number of benzene rings is 1. The SMILES string of the molecule is CCc1nsc(NC2CCSc3ccc(Cl)cc32)n1.